The van der Waals surface area contributed by atoms with Crippen molar-refractivity contribution in [3.05, 3.63) is 49.1 Å². The molecule has 0 bridgehead atoms. The molecule has 0 fully saturated rings. The van der Waals surface area contributed by atoms with Gasteiger partial charge in [0.2, 0.25) is 5.95 Å². The number of rotatable bonds is 2. The van der Waals surface area contributed by atoms with E-state index in [0.29, 0.717) is 11.3 Å². The topological polar surface area (TPSA) is 97.8 Å². The van der Waals surface area contributed by atoms with Gasteiger partial charge in [-0.05, 0) is 24.3 Å². The number of nitrogens with zero attached hydrogens (tertiary/aromatic N) is 4. The number of aromatic hydroxyl groups is 1. The lowest BCUT2D eigenvalue weighted by atomic mass is 10.1. The van der Waals surface area contributed by atoms with Gasteiger partial charge in [-0.25, -0.2) is 9.97 Å². The molecule has 0 saturated carbocycles. The maximum atomic E-state index is 9.95. The predicted octanol–water partition coefficient (Wildman–Crippen LogP) is 1.89. The monoisotopic (exact) mass is 265 g/mol. The first-order chi connectivity index (χ1) is 9.74. The molecule has 3 aromatic rings. The maximum absolute atomic E-state index is 9.95. The largest absolute Gasteiger partial charge is 0.506 e. The molecule has 3 rings (SSSR count). The van der Waals surface area contributed by atoms with E-state index >= 15 is 0 Å². The minimum absolute atomic E-state index is 0.0425. The minimum Gasteiger partial charge on any atom is -0.506 e. The number of nitrogen functional groups attached to an aromatic ring is 1. The Labute approximate surface area is 115 Å². The van der Waals surface area contributed by atoms with E-state index in [1.165, 1.54) is 6.20 Å². The molecule has 3 heterocycles. The van der Waals surface area contributed by atoms with Crippen LogP contribution in [-0.4, -0.2) is 25.0 Å². The van der Waals surface area contributed by atoms with Crippen LogP contribution in [0.25, 0.3) is 22.5 Å². The molecular weight excluding hydrogens is 254 g/mol. The normalized spacial score (nSPS) is 10.4. The number of hydrogen-bond acceptors (Lipinski definition) is 6. The van der Waals surface area contributed by atoms with E-state index in [1.54, 1.807) is 30.7 Å². The van der Waals surface area contributed by atoms with Crippen molar-refractivity contribution in [1.82, 2.24) is 19.9 Å². The molecule has 0 atom stereocenters. The van der Waals surface area contributed by atoms with Crippen LogP contribution in [0.1, 0.15) is 0 Å². The van der Waals surface area contributed by atoms with Crippen molar-refractivity contribution >= 4 is 5.95 Å². The highest BCUT2D eigenvalue weighted by molar-refractivity contribution is 5.72. The van der Waals surface area contributed by atoms with Gasteiger partial charge in [0, 0.05) is 29.7 Å². The second-order valence-electron chi connectivity index (χ2n) is 4.12. The van der Waals surface area contributed by atoms with Gasteiger partial charge in [-0.1, -0.05) is 0 Å². The highest BCUT2D eigenvalue weighted by atomic mass is 16.3. The van der Waals surface area contributed by atoms with Crippen LogP contribution in [0, 0.1) is 0 Å². The van der Waals surface area contributed by atoms with Crippen LogP contribution in [0.5, 0.6) is 5.75 Å². The molecule has 0 spiro atoms. The molecular formula is C14H11N5O. The Kier molecular flexibility index (Phi) is 2.96. The summed E-state index contributed by atoms with van der Waals surface area (Å²) in [5, 5.41) is 9.95. The lowest BCUT2D eigenvalue weighted by Gasteiger charge is -2.07. The van der Waals surface area contributed by atoms with E-state index in [0.717, 1.165) is 11.3 Å². The van der Waals surface area contributed by atoms with Crippen molar-refractivity contribution in [2.24, 2.45) is 0 Å². The molecule has 6 heteroatoms. The van der Waals surface area contributed by atoms with Gasteiger partial charge in [-0.15, -0.1) is 0 Å². The van der Waals surface area contributed by atoms with Gasteiger partial charge in [0.25, 0.3) is 0 Å². The van der Waals surface area contributed by atoms with E-state index in [-0.39, 0.29) is 11.7 Å². The molecule has 6 nitrogen and oxygen atoms in total. The Morgan fingerprint density at radius 1 is 0.950 bits per heavy atom. The molecule has 3 aromatic heterocycles. The molecule has 0 saturated heterocycles. The van der Waals surface area contributed by atoms with Crippen LogP contribution in [0.4, 0.5) is 5.95 Å². The van der Waals surface area contributed by atoms with Gasteiger partial charge in [0.1, 0.15) is 5.75 Å². The van der Waals surface area contributed by atoms with Crippen molar-refractivity contribution in [1.29, 1.82) is 0 Å². The molecule has 0 aliphatic carbocycles. The van der Waals surface area contributed by atoms with Gasteiger partial charge in [0.05, 0.1) is 17.6 Å². The summed E-state index contributed by atoms with van der Waals surface area (Å²) in [6, 6.07) is 7.13. The fraction of sp³-hybridized carbons (Fsp3) is 0. The Morgan fingerprint density at radius 2 is 1.75 bits per heavy atom. The minimum atomic E-state index is 0.0425. The van der Waals surface area contributed by atoms with E-state index in [4.69, 9.17) is 5.73 Å². The number of nitrogens with two attached hydrogens (primary N) is 1. The first-order valence-electron chi connectivity index (χ1n) is 5.92. The third-order valence-corrected chi connectivity index (χ3v) is 2.81. The Morgan fingerprint density at radius 3 is 2.50 bits per heavy atom. The maximum Gasteiger partial charge on any atom is 0.220 e. The van der Waals surface area contributed by atoms with Crippen LogP contribution in [0.2, 0.25) is 0 Å². The van der Waals surface area contributed by atoms with Gasteiger partial charge >= 0.3 is 0 Å². The lowest BCUT2D eigenvalue weighted by molar-refractivity contribution is 0.474. The van der Waals surface area contributed by atoms with Gasteiger partial charge in [-0.3, -0.25) is 9.97 Å². The van der Waals surface area contributed by atoms with Crippen molar-refractivity contribution in [3.8, 4) is 28.3 Å². The molecule has 0 aromatic carbocycles. The molecule has 0 amide bonds. The highest BCUT2D eigenvalue weighted by Gasteiger charge is 2.09. The predicted molar refractivity (Wildman–Crippen MR) is 74.6 cm³/mol. The van der Waals surface area contributed by atoms with Gasteiger partial charge in [-0.2, -0.15) is 0 Å². The van der Waals surface area contributed by atoms with Crippen LogP contribution in [0.3, 0.4) is 0 Å². The van der Waals surface area contributed by atoms with E-state index in [9.17, 15) is 5.11 Å². The summed E-state index contributed by atoms with van der Waals surface area (Å²) in [7, 11) is 0. The Hall–Kier alpha value is -3.02. The SMILES string of the molecule is Nc1nccc(-c2cc(-c3ccncc3)ncc2O)n1. The van der Waals surface area contributed by atoms with Crippen LogP contribution in [0.15, 0.2) is 49.1 Å². The molecule has 98 valence electrons. The zero-order valence-electron chi connectivity index (χ0n) is 10.4. The summed E-state index contributed by atoms with van der Waals surface area (Å²) in [5.74, 6) is 0.199. The number of aromatic nitrogens is 4. The van der Waals surface area contributed by atoms with Crippen molar-refractivity contribution in [2.45, 2.75) is 0 Å². The van der Waals surface area contributed by atoms with Gasteiger partial charge < -0.3 is 10.8 Å². The van der Waals surface area contributed by atoms with Gasteiger partial charge in [0.15, 0.2) is 0 Å². The summed E-state index contributed by atoms with van der Waals surface area (Å²) in [4.78, 5) is 16.1. The highest BCUT2D eigenvalue weighted by Crippen LogP contribution is 2.30. The smallest absolute Gasteiger partial charge is 0.220 e. The van der Waals surface area contributed by atoms with Crippen LogP contribution >= 0.6 is 0 Å². The van der Waals surface area contributed by atoms with E-state index < -0.39 is 0 Å². The summed E-state index contributed by atoms with van der Waals surface area (Å²) < 4.78 is 0. The standard InChI is InChI=1S/C14H11N5O/c15-14-17-6-3-11(19-14)10-7-12(18-8-13(10)20)9-1-4-16-5-2-9/h1-8,20H,(H2,15,17,19). The van der Waals surface area contributed by atoms with Crippen LogP contribution in [-0.2, 0) is 0 Å². The second kappa shape index (κ2) is 4.93. The lowest BCUT2D eigenvalue weighted by Crippen LogP contribution is -1.96. The molecule has 0 aliphatic rings. The van der Waals surface area contributed by atoms with Crippen molar-refractivity contribution in [3.63, 3.8) is 0 Å². The third-order valence-electron chi connectivity index (χ3n) is 2.81. The van der Waals surface area contributed by atoms with E-state index in [1.807, 2.05) is 12.1 Å². The molecule has 0 unspecified atom stereocenters. The summed E-state index contributed by atoms with van der Waals surface area (Å²) in [6.07, 6.45) is 6.31. The number of hydrogen-bond donors (Lipinski definition) is 2. The van der Waals surface area contributed by atoms with E-state index in [2.05, 4.69) is 19.9 Å². The number of anilines is 1. The van der Waals surface area contributed by atoms with Crippen molar-refractivity contribution in [2.75, 3.05) is 5.73 Å². The average Bonchev–Trinajstić information content (AvgIpc) is 2.48. The Balaban J connectivity index is 2.12. The summed E-state index contributed by atoms with van der Waals surface area (Å²) in [5.41, 5.74) is 8.30. The average molecular weight is 265 g/mol. The quantitative estimate of drug-likeness (QED) is 0.734. The zero-order chi connectivity index (χ0) is 13.9. The molecule has 0 radical (unpaired) electrons. The molecule has 0 aliphatic heterocycles. The summed E-state index contributed by atoms with van der Waals surface area (Å²) in [6.45, 7) is 0. The van der Waals surface area contributed by atoms with Crippen LogP contribution < -0.4 is 5.73 Å². The van der Waals surface area contributed by atoms with Crippen molar-refractivity contribution < 1.29 is 5.11 Å². The third kappa shape index (κ3) is 2.26. The molecule has 20 heavy (non-hydrogen) atoms. The first-order valence-corrected chi connectivity index (χ1v) is 5.92. The fourth-order valence-corrected chi connectivity index (χ4v) is 1.86. The fourth-order valence-electron chi connectivity index (χ4n) is 1.86. The molecule has 3 N–H and O–H groups in total. The summed E-state index contributed by atoms with van der Waals surface area (Å²) >= 11 is 0. The second-order valence-corrected chi connectivity index (χ2v) is 4.12. The number of pyridine rings is 2. The first kappa shape index (κ1) is 12.0. The zero-order valence-corrected chi connectivity index (χ0v) is 10.4. The Bertz CT molecular complexity index is 746.